The SMILES string of the molecule is Nc1ccnc2c1cnn2-c1ccc(F)cc1. The predicted molar refractivity (Wildman–Crippen MR) is 63.2 cm³/mol. The zero-order valence-electron chi connectivity index (χ0n) is 8.84. The molecule has 4 nitrogen and oxygen atoms in total. The fourth-order valence-corrected chi connectivity index (χ4v) is 1.72. The van der Waals surface area contributed by atoms with Crippen LogP contribution in [0.3, 0.4) is 0 Å². The van der Waals surface area contributed by atoms with Crippen molar-refractivity contribution in [2.24, 2.45) is 0 Å². The van der Waals surface area contributed by atoms with Crippen molar-refractivity contribution < 1.29 is 4.39 Å². The summed E-state index contributed by atoms with van der Waals surface area (Å²) in [5.41, 5.74) is 7.86. The largest absolute Gasteiger partial charge is 0.398 e. The summed E-state index contributed by atoms with van der Waals surface area (Å²) in [6.45, 7) is 0. The number of pyridine rings is 1. The van der Waals surface area contributed by atoms with E-state index in [2.05, 4.69) is 10.1 Å². The minimum Gasteiger partial charge on any atom is -0.398 e. The molecule has 2 heterocycles. The second kappa shape index (κ2) is 3.55. The van der Waals surface area contributed by atoms with E-state index in [0.717, 1.165) is 11.1 Å². The van der Waals surface area contributed by atoms with Gasteiger partial charge in [0, 0.05) is 11.9 Å². The molecule has 0 aliphatic heterocycles. The lowest BCUT2D eigenvalue weighted by atomic mass is 10.3. The van der Waals surface area contributed by atoms with Gasteiger partial charge in [-0.05, 0) is 30.3 Å². The fourth-order valence-electron chi connectivity index (χ4n) is 1.72. The molecule has 5 heteroatoms. The number of nitrogens with zero attached hydrogens (tertiary/aromatic N) is 3. The highest BCUT2D eigenvalue weighted by Gasteiger charge is 2.07. The van der Waals surface area contributed by atoms with Crippen molar-refractivity contribution in [2.75, 3.05) is 5.73 Å². The number of aromatic nitrogens is 3. The van der Waals surface area contributed by atoms with E-state index in [-0.39, 0.29) is 5.82 Å². The number of nitrogens with two attached hydrogens (primary N) is 1. The van der Waals surface area contributed by atoms with Crippen LogP contribution in [0.5, 0.6) is 0 Å². The normalized spacial score (nSPS) is 10.9. The van der Waals surface area contributed by atoms with E-state index in [1.54, 1.807) is 35.3 Å². The average molecular weight is 228 g/mol. The van der Waals surface area contributed by atoms with E-state index in [9.17, 15) is 4.39 Å². The van der Waals surface area contributed by atoms with Gasteiger partial charge in [-0.15, -0.1) is 0 Å². The molecule has 0 saturated carbocycles. The topological polar surface area (TPSA) is 56.7 Å². The Kier molecular flexibility index (Phi) is 2.04. The van der Waals surface area contributed by atoms with Crippen molar-refractivity contribution in [3.05, 3.63) is 48.5 Å². The van der Waals surface area contributed by atoms with Gasteiger partial charge in [-0.1, -0.05) is 0 Å². The minimum atomic E-state index is -0.280. The summed E-state index contributed by atoms with van der Waals surface area (Å²) in [5, 5.41) is 5.00. The Hall–Kier alpha value is -2.43. The number of anilines is 1. The van der Waals surface area contributed by atoms with Gasteiger partial charge in [0.2, 0.25) is 0 Å². The van der Waals surface area contributed by atoms with Crippen LogP contribution in [-0.4, -0.2) is 14.8 Å². The van der Waals surface area contributed by atoms with Crippen LogP contribution in [0.15, 0.2) is 42.7 Å². The third-order valence-corrected chi connectivity index (χ3v) is 2.58. The lowest BCUT2D eigenvalue weighted by Crippen LogP contribution is -1.97. The number of halogens is 1. The molecule has 0 aliphatic carbocycles. The Morgan fingerprint density at radius 3 is 2.65 bits per heavy atom. The number of hydrogen-bond donors (Lipinski definition) is 1. The summed E-state index contributed by atoms with van der Waals surface area (Å²) in [6, 6.07) is 7.78. The van der Waals surface area contributed by atoms with Crippen LogP contribution in [0, 0.1) is 5.82 Å². The second-order valence-electron chi connectivity index (χ2n) is 3.67. The van der Waals surface area contributed by atoms with Crippen molar-refractivity contribution in [1.29, 1.82) is 0 Å². The molecule has 0 atom stereocenters. The van der Waals surface area contributed by atoms with E-state index in [1.807, 2.05) is 0 Å². The Morgan fingerprint density at radius 1 is 1.12 bits per heavy atom. The van der Waals surface area contributed by atoms with Crippen LogP contribution in [0.4, 0.5) is 10.1 Å². The molecule has 84 valence electrons. The standard InChI is InChI=1S/C12H9FN4/c13-8-1-3-9(4-2-8)17-12-10(7-16-17)11(14)5-6-15-12/h1-7H,(H2,14,15). The molecular formula is C12H9FN4. The third-order valence-electron chi connectivity index (χ3n) is 2.58. The zero-order chi connectivity index (χ0) is 11.8. The molecule has 0 spiro atoms. The van der Waals surface area contributed by atoms with Crippen LogP contribution in [-0.2, 0) is 0 Å². The number of hydrogen-bond acceptors (Lipinski definition) is 3. The van der Waals surface area contributed by atoms with Crippen LogP contribution >= 0.6 is 0 Å². The maximum atomic E-state index is 12.8. The second-order valence-corrected chi connectivity index (χ2v) is 3.67. The molecule has 1 aromatic carbocycles. The van der Waals surface area contributed by atoms with Gasteiger partial charge >= 0.3 is 0 Å². The Labute approximate surface area is 96.5 Å². The molecule has 3 aromatic rings. The fraction of sp³-hybridized carbons (Fsp3) is 0. The Bertz CT molecular complexity index is 673. The number of benzene rings is 1. The summed E-state index contributed by atoms with van der Waals surface area (Å²) < 4.78 is 14.5. The Balaban J connectivity index is 2.24. The quantitative estimate of drug-likeness (QED) is 0.694. The maximum Gasteiger partial charge on any atom is 0.164 e. The first-order chi connectivity index (χ1) is 8.25. The summed E-state index contributed by atoms with van der Waals surface area (Å²) in [4.78, 5) is 4.23. The monoisotopic (exact) mass is 228 g/mol. The summed E-state index contributed by atoms with van der Waals surface area (Å²) in [5.74, 6) is -0.280. The van der Waals surface area contributed by atoms with Gasteiger partial charge in [0.25, 0.3) is 0 Å². The minimum absolute atomic E-state index is 0.280. The van der Waals surface area contributed by atoms with Gasteiger partial charge in [-0.3, -0.25) is 0 Å². The van der Waals surface area contributed by atoms with Crippen LogP contribution in [0.25, 0.3) is 16.7 Å². The van der Waals surface area contributed by atoms with E-state index in [4.69, 9.17) is 5.73 Å². The van der Waals surface area contributed by atoms with Gasteiger partial charge in [0.05, 0.1) is 17.3 Å². The molecule has 0 amide bonds. The van der Waals surface area contributed by atoms with Crippen molar-refractivity contribution in [2.45, 2.75) is 0 Å². The van der Waals surface area contributed by atoms with Gasteiger partial charge in [-0.25, -0.2) is 14.1 Å². The van der Waals surface area contributed by atoms with Gasteiger partial charge in [-0.2, -0.15) is 5.10 Å². The summed E-state index contributed by atoms with van der Waals surface area (Å²) in [7, 11) is 0. The van der Waals surface area contributed by atoms with Crippen molar-refractivity contribution >= 4 is 16.7 Å². The molecular weight excluding hydrogens is 219 g/mol. The van der Waals surface area contributed by atoms with E-state index < -0.39 is 0 Å². The average Bonchev–Trinajstić information content (AvgIpc) is 2.75. The molecule has 0 bridgehead atoms. The third kappa shape index (κ3) is 1.52. The number of nitrogen functional groups attached to an aromatic ring is 1. The first kappa shape index (κ1) is 9.77. The smallest absolute Gasteiger partial charge is 0.164 e. The molecule has 0 unspecified atom stereocenters. The molecule has 3 rings (SSSR count). The van der Waals surface area contributed by atoms with Gasteiger partial charge < -0.3 is 5.73 Å². The number of fused-ring (bicyclic) bond motifs is 1. The van der Waals surface area contributed by atoms with Crippen molar-refractivity contribution in [1.82, 2.24) is 14.8 Å². The van der Waals surface area contributed by atoms with E-state index in [1.165, 1.54) is 12.1 Å². The highest BCUT2D eigenvalue weighted by molar-refractivity contribution is 5.87. The van der Waals surface area contributed by atoms with Crippen LogP contribution in [0.1, 0.15) is 0 Å². The highest BCUT2D eigenvalue weighted by atomic mass is 19.1. The van der Waals surface area contributed by atoms with Crippen molar-refractivity contribution in [3.63, 3.8) is 0 Å². The molecule has 0 fully saturated rings. The molecule has 17 heavy (non-hydrogen) atoms. The first-order valence-corrected chi connectivity index (χ1v) is 5.10. The maximum absolute atomic E-state index is 12.8. The predicted octanol–water partition coefficient (Wildman–Crippen LogP) is 2.14. The number of rotatable bonds is 1. The highest BCUT2D eigenvalue weighted by Crippen LogP contribution is 2.20. The van der Waals surface area contributed by atoms with Crippen LogP contribution in [0.2, 0.25) is 0 Å². The Morgan fingerprint density at radius 2 is 1.88 bits per heavy atom. The van der Waals surface area contributed by atoms with Crippen molar-refractivity contribution in [3.8, 4) is 5.69 Å². The summed E-state index contributed by atoms with van der Waals surface area (Å²) >= 11 is 0. The van der Waals surface area contributed by atoms with Gasteiger partial charge in [0.1, 0.15) is 5.82 Å². The molecule has 0 saturated heterocycles. The molecule has 2 N–H and O–H groups in total. The molecule has 2 aromatic heterocycles. The van der Waals surface area contributed by atoms with Crippen LogP contribution < -0.4 is 5.73 Å². The molecule has 0 radical (unpaired) electrons. The first-order valence-electron chi connectivity index (χ1n) is 5.10. The zero-order valence-corrected chi connectivity index (χ0v) is 8.84. The summed E-state index contributed by atoms with van der Waals surface area (Å²) in [6.07, 6.45) is 3.28. The van der Waals surface area contributed by atoms with E-state index in [0.29, 0.717) is 11.3 Å². The van der Waals surface area contributed by atoms with E-state index >= 15 is 0 Å². The molecule has 0 aliphatic rings. The van der Waals surface area contributed by atoms with Gasteiger partial charge in [0.15, 0.2) is 5.65 Å². The lowest BCUT2D eigenvalue weighted by Gasteiger charge is -2.02. The lowest BCUT2D eigenvalue weighted by molar-refractivity contribution is 0.627.